The van der Waals surface area contributed by atoms with Gasteiger partial charge in [0.05, 0.1) is 6.04 Å². The van der Waals surface area contributed by atoms with Crippen molar-refractivity contribution < 1.29 is 8.96 Å². The highest BCUT2D eigenvalue weighted by Crippen LogP contribution is 2.24. The van der Waals surface area contributed by atoms with Crippen LogP contribution in [-0.4, -0.2) is 11.4 Å². The van der Waals surface area contributed by atoms with Crippen molar-refractivity contribution in [3.05, 3.63) is 35.4 Å². The zero-order valence-electron chi connectivity index (χ0n) is 7.21. The summed E-state index contributed by atoms with van der Waals surface area (Å²) < 4.78 is 24.5. The van der Waals surface area contributed by atoms with E-state index in [1.54, 1.807) is 0 Å². The summed E-state index contributed by atoms with van der Waals surface area (Å²) in [5, 5.41) is -0.657. The fraction of sp³-hybridized carbons (Fsp3) is 0.400. The van der Waals surface area contributed by atoms with Crippen molar-refractivity contribution in [1.29, 1.82) is 0 Å². The van der Waals surface area contributed by atoms with Crippen molar-refractivity contribution in [2.75, 3.05) is 0 Å². The third-order valence-corrected chi connectivity index (χ3v) is 2.60. The van der Waals surface area contributed by atoms with E-state index in [-0.39, 0.29) is 0 Å². The van der Waals surface area contributed by atoms with E-state index >= 15 is 0 Å². The van der Waals surface area contributed by atoms with Gasteiger partial charge in [0.15, 0.2) is 0 Å². The zero-order valence-corrected chi connectivity index (χ0v) is 7.21. The maximum Gasteiger partial charge on any atom is 0.0774 e. The minimum Gasteiger partial charge on any atom is -0.101 e. The first-order chi connectivity index (χ1) is 6.27. The van der Waals surface area contributed by atoms with Gasteiger partial charge in [-0.2, -0.15) is 0 Å². The van der Waals surface area contributed by atoms with Gasteiger partial charge >= 0.3 is 0 Å². The number of halogens is 2. The van der Waals surface area contributed by atoms with E-state index in [4.69, 9.17) is 0 Å². The first kappa shape index (κ1) is 8.63. The van der Waals surface area contributed by atoms with E-state index in [9.17, 15) is 8.96 Å². The number of benzene rings is 1. The highest BCUT2D eigenvalue weighted by Gasteiger charge is 2.24. The molecule has 0 spiro atoms. The minimum atomic E-state index is -0.657. The second-order valence-corrected chi connectivity index (χ2v) is 3.42. The highest BCUT2D eigenvalue weighted by molar-refractivity contribution is 5.30. The summed E-state index contributed by atoms with van der Waals surface area (Å²) in [5.74, 6) is 0. The summed E-state index contributed by atoms with van der Waals surface area (Å²) in [5.41, 5.74) is 2.29. The average Bonchev–Trinajstić information content (AvgIpc) is 2.17. The van der Waals surface area contributed by atoms with E-state index in [0.29, 0.717) is 12.8 Å². The van der Waals surface area contributed by atoms with Crippen LogP contribution in [0.15, 0.2) is 24.3 Å². The summed E-state index contributed by atoms with van der Waals surface area (Å²) in [7, 11) is 0. The van der Waals surface area contributed by atoms with Gasteiger partial charge in [-0.15, -0.1) is 8.96 Å². The minimum absolute atomic E-state index is 0.475. The summed E-state index contributed by atoms with van der Waals surface area (Å²) in [6.45, 7) is 0. The van der Waals surface area contributed by atoms with E-state index in [1.165, 1.54) is 5.56 Å². The van der Waals surface area contributed by atoms with Crippen LogP contribution in [0.4, 0.5) is 8.96 Å². The number of fused-ring (bicyclic) bond motifs is 1. The fourth-order valence-electron chi connectivity index (χ4n) is 1.85. The molecule has 0 radical (unpaired) electrons. The van der Waals surface area contributed by atoms with Gasteiger partial charge in [0.2, 0.25) is 0 Å². The number of aryl methyl sites for hydroxylation is 1. The third-order valence-electron chi connectivity index (χ3n) is 2.60. The molecule has 1 unspecified atom stereocenters. The first-order valence-corrected chi connectivity index (χ1v) is 4.45. The zero-order chi connectivity index (χ0) is 9.26. The number of nitrogens with zero attached hydrogens (tertiary/aromatic N) is 1. The SMILES string of the molecule is FN(F)C1CCc2ccccc2C1. The predicted octanol–water partition coefficient (Wildman–Crippen LogP) is 2.61. The molecule has 0 aliphatic heterocycles. The molecule has 0 fully saturated rings. The Morgan fingerprint density at radius 3 is 2.54 bits per heavy atom. The molecule has 0 saturated heterocycles. The van der Waals surface area contributed by atoms with Crippen molar-refractivity contribution in [3.63, 3.8) is 0 Å². The highest BCUT2D eigenvalue weighted by atomic mass is 19.4. The Balaban J connectivity index is 2.20. The van der Waals surface area contributed by atoms with E-state index < -0.39 is 11.4 Å². The summed E-state index contributed by atoms with van der Waals surface area (Å²) >= 11 is 0. The maximum absolute atomic E-state index is 12.2. The quantitative estimate of drug-likeness (QED) is 0.605. The standard InChI is InChI=1S/C10H11F2N/c11-13(12)10-6-5-8-3-1-2-4-9(8)7-10/h1-4,10H,5-7H2. The molecule has 0 bridgehead atoms. The van der Waals surface area contributed by atoms with Gasteiger partial charge < -0.3 is 0 Å². The van der Waals surface area contributed by atoms with Crippen LogP contribution >= 0.6 is 0 Å². The molecule has 70 valence electrons. The molecule has 0 aromatic heterocycles. The predicted molar refractivity (Wildman–Crippen MR) is 46.3 cm³/mol. The molecule has 1 aliphatic carbocycles. The normalized spacial score (nSPS) is 21.6. The fourth-order valence-corrected chi connectivity index (χ4v) is 1.85. The molecule has 1 nitrogen and oxygen atoms in total. The second kappa shape index (κ2) is 3.42. The Morgan fingerprint density at radius 1 is 1.15 bits per heavy atom. The molecule has 1 atom stereocenters. The summed E-state index contributed by atoms with van der Waals surface area (Å²) in [6.07, 6.45) is 1.80. The Kier molecular flexibility index (Phi) is 2.27. The lowest BCUT2D eigenvalue weighted by Crippen LogP contribution is -2.28. The van der Waals surface area contributed by atoms with Crippen molar-refractivity contribution in [2.24, 2.45) is 0 Å². The van der Waals surface area contributed by atoms with Gasteiger partial charge in [-0.25, -0.2) is 0 Å². The summed E-state index contributed by atoms with van der Waals surface area (Å²) in [6, 6.07) is 7.23. The molecule has 1 aliphatic rings. The van der Waals surface area contributed by atoms with Crippen molar-refractivity contribution in [3.8, 4) is 0 Å². The largest absolute Gasteiger partial charge is 0.101 e. The molecular weight excluding hydrogens is 172 g/mol. The second-order valence-electron chi connectivity index (χ2n) is 3.42. The van der Waals surface area contributed by atoms with Crippen molar-refractivity contribution in [1.82, 2.24) is 5.34 Å². The average molecular weight is 183 g/mol. The molecule has 13 heavy (non-hydrogen) atoms. The number of hydrogen-bond donors (Lipinski definition) is 0. The lowest BCUT2D eigenvalue weighted by molar-refractivity contribution is -0.189. The van der Waals surface area contributed by atoms with E-state index in [0.717, 1.165) is 12.0 Å². The van der Waals surface area contributed by atoms with Gasteiger partial charge in [-0.1, -0.05) is 24.3 Å². The van der Waals surface area contributed by atoms with Gasteiger partial charge in [0.1, 0.15) is 0 Å². The van der Waals surface area contributed by atoms with Crippen LogP contribution in [0, 0.1) is 0 Å². The molecule has 3 heteroatoms. The van der Waals surface area contributed by atoms with Crippen LogP contribution in [0.1, 0.15) is 17.5 Å². The van der Waals surface area contributed by atoms with E-state index in [2.05, 4.69) is 0 Å². The summed E-state index contributed by atoms with van der Waals surface area (Å²) in [4.78, 5) is 0. The first-order valence-electron chi connectivity index (χ1n) is 4.45. The molecular formula is C10H11F2N. The van der Waals surface area contributed by atoms with Crippen LogP contribution in [-0.2, 0) is 12.8 Å². The van der Waals surface area contributed by atoms with Gasteiger partial charge in [-0.3, -0.25) is 0 Å². The van der Waals surface area contributed by atoms with Gasteiger partial charge in [0.25, 0.3) is 0 Å². The van der Waals surface area contributed by atoms with Crippen molar-refractivity contribution >= 4 is 0 Å². The Morgan fingerprint density at radius 2 is 1.85 bits per heavy atom. The van der Waals surface area contributed by atoms with Crippen LogP contribution < -0.4 is 0 Å². The lowest BCUT2D eigenvalue weighted by Gasteiger charge is -2.23. The maximum atomic E-state index is 12.2. The van der Waals surface area contributed by atoms with Crippen LogP contribution in [0.5, 0.6) is 0 Å². The molecule has 0 N–H and O–H groups in total. The third kappa shape index (κ3) is 1.70. The van der Waals surface area contributed by atoms with Gasteiger partial charge in [0, 0.05) is 5.34 Å². The van der Waals surface area contributed by atoms with Crippen molar-refractivity contribution in [2.45, 2.75) is 25.3 Å². The Labute approximate surface area is 75.8 Å². The number of hydrogen-bond acceptors (Lipinski definition) is 1. The molecule has 0 saturated carbocycles. The number of rotatable bonds is 1. The molecule has 0 amide bonds. The van der Waals surface area contributed by atoms with Crippen LogP contribution in [0.3, 0.4) is 0 Å². The van der Waals surface area contributed by atoms with E-state index in [1.807, 2.05) is 24.3 Å². The van der Waals surface area contributed by atoms with Crippen LogP contribution in [0.2, 0.25) is 0 Å². The van der Waals surface area contributed by atoms with Crippen LogP contribution in [0.25, 0.3) is 0 Å². The van der Waals surface area contributed by atoms with Gasteiger partial charge in [-0.05, 0) is 30.4 Å². The molecule has 1 aromatic rings. The smallest absolute Gasteiger partial charge is 0.0774 e. The Bertz CT molecular complexity index is 299. The molecule has 2 rings (SSSR count). The molecule has 1 aromatic carbocycles. The lowest BCUT2D eigenvalue weighted by atomic mass is 9.89. The topological polar surface area (TPSA) is 3.24 Å². The monoisotopic (exact) mass is 183 g/mol. The molecule has 0 heterocycles. The Hall–Kier alpha value is -0.960.